The van der Waals surface area contributed by atoms with E-state index >= 15 is 0 Å². The Morgan fingerprint density at radius 2 is 2.00 bits per heavy atom. The Morgan fingerprint density at radius 3 is 2.79 bits per heavy atom. The molecule has 9 heteroatoms. The predicted octanol–water partition coefficient (Wildman–Crippen LogP) is 3.37. The van der Waals surface area contributed by atoms with Gasteiger partial charge >= 0.3 is 138 Å². The quantitative estimate of drug-likeness (QED) is 0.504. The predicted molar refractivity (Wildman–Crippen MR) is 118 cm³/mol. The Balaban J connectivity index is 1.35. The molecule has 3 N–H and O–H groups in total. The number of hydrogen-bond donors (Lipinski definition) is 3. The van der Waals surface area contributed by atoms with Gasteiger partial charge in [0.15, 0.2) is 0 Å². The first-order valence-corrected chi connectivity index (χ1v) is 13.2. The zero-order chi connectivity index (χ0) is 18.8. The molecule has 28 heavy (non-hydrogen) atoms. The first-order chi connectivity index (χ1) is 13.8. The van der Waals surface area contributed by atoms with E-state index in [9.17, 15) is 0 Å². The van der Waals surface area contributed by atoms with Gasteiger partial charge in [-0.25, -0.2) is 0 Å². The number of aromatic nitrogens is 4. The van der Waals surface area contributed by atoms with Crippen LogP contribution in [0.15, 0.2) is 30.6 Å². The average molecular weight is 460 g/mol. The molecule has 0 radical (unpaired) electrons. The second-order valence-electron chi connectivity index (χ2n) is 6.97. The first kappa shape index (κ1) is 18.1. The number of fused-ring (bicyclic) bond motifs is 1. The topological polar surface area (TPSA) is 81.8 Å². The van der Waals surface area contributed by atoms with Crippen molar-refractivity contribution in [3.05, 3.63) is 30.6 Å². The minimum absolute atomic E-state index is 0.510. The summed E-state index contributed by atoms with van der Waals surface area (Å²) >= 11 is 2.79. The van der Waals surface area contributed by atoms with Crippen LogP contribution in [0.2, 0.25) is 10.6 Å². The number of aromatic amines is 1. The van der Waals surface area contributed by atoms with Gasteiger partial charge in [-0.1, -0.05) is 0 Å². The van der Waals surface area contributed by atoms with Crippen LogP contribution in [0.25, 0.3) is 11.2 Å². The SMILES string of the molecule is c1nc2nc(Nc3ccc(N4CCSCC4)cc3)nc(NC3CC[Se]C3)c2[nH]1. The van der Waals surface area contributed by atoms with E-state index in [-0.39, 0.29) is 0 Å². The molecule has 4 heterocycles. The Hall–Kier alpha value is -1.96. The number of rotatable bonds is 5. The fourth-order valence-electron chi connectivity index (χ4n) is 3.54. The molecule has 0 bridgehead atoms. The van der Waals surface area contributed by atoms with Crippen LogP contribution in [0.1, 0.15) is 6.42 Å². The molecule has 2 saturated heterocycles. The van der Waals surface area contributed by atoms with Crippen molar-refractivity contribution < 1.29 is 0 Å². The van der Waals surface area contributed by atoms with Crippen LogP contribution in [0.3, 0.4) is 0 Å². The van der Waals surface area contributed by atoms with Crippen LogP contribution in [-0.2, 0) is 0 Å². The standard InChI is InChI=1S/C19H23N7SSe/c1-3-15(26-6-8-27-9-7-26)4-2-13(1)23-19-24-17-16(20-12-21-17)18(25-19)22-14-5-10-28-11-14/h1-4,12,14H,5-11H2,(H3,20,21,22,23,24,25). The number of nitrogens with zero attached hydrogens (tertiary/aromatic N) is 4. The van der Waals surface area contributed by atoms with Crippen LogP contribution in [0, 0.1) is 0 Å². The van der Waals surface area contributed by atoms with Crippen LogP contribution in [0.4, 0.5) is 23.1 Å². The van der Waals surface area contributed by atoms with Crippen LogP contribution >= 0.6 is 11.8 Å². The molecule has 5 rings (SSSR count). The van der Waals surface area contributed by atoms with Crippen molar-refractivity contribution in [2.45, 2.75) is 23.1 Å². The Bertz CT molecular complexity index is 933. The second-order valence-corrected chi connectivity index (χ2v) is 10.6. The van der Waals surface area contributed by atoms with Crippen molar-refractivity contribution in [2.24, 2.45) is 0 Å². The second kappa shape index (κ2) is 8.19. The van der Waals surface area contributed by atoms with Gasteiger partial charge in [-0.05, 0) is 0 Å². The van der Waals surface area contributed by atoms with Gasteiger partial charge < -0.3 is 0 Å². The molecule has 2 aliphatic rings. The van der Waals surface area contributed by atoms with Gasteiger partial charge in [0.2, 0.25) is 0 Å². The van der Waals surface area contributed by atoms with Crippen molar-refractivity contribution in [3.8, 4) is 0 Å². The van der Waals surface area contributed by atoms with E-state index in [2.05, 4.69) is 54.8 Å². The number of anilines is 4. The number of thioether (sulfide) groups is 1. The molecule has 3 aromatic rings. The average Bonchev–Trinajstić information content (AvgIpc) is 3.41. The Morgan fingerprint density at radius 1 is 1.14 bits per heavy atom. The third kappa shape index (κ3) is 3.92. The molecule has 1 aromatic carbocycles. The van der Waals surface area contributed by atoms with Crippen molar-refractivity contribution >= 4 is 61.0 Å². The molecular weight excluding hydrogens is 437 g/mol. The summed E-state index contributed by atoms with van der Waals surface area (Å²) in [5.41, 5.74) is 3.83. The van der Waals surface area contributed by atoms with Crippen LogP contribution in [0.5, 0.6) is 0 Å². The van der Waals surface area contributed by atoms with Gasteiger partial charge in [-0.15, -0.1) is 0 Å². The molecule has 0 amide bonds. The van der Waals surface area contributed by atoms with Gasteiger partial charge in [0.05, 0.1) is 0 Å². The summed E-state index contributed by atoms with van der Waals surface area (Å²) in [7, 11) is 0. The van der Waals surface area contributed by atoms with E-state index in [1.165, 1.54) is 34.3 Å². The zero-order valence-corrected chi connectivity index (χ0v) is 18.0. The van der Waals surface area contributed by atoms with Gasteiger partial charge in [0.25, 0.3) is 0 Å². The van der Waals surface area contributed by atoms with Crippen molar-refractivity contribution in [3.63, 3.8) is 0 Å². The van der Waals surface area contributed by atoms with E-state index in [0.717, 1.165) is 45.1 Å². The molecule has 1 atom stereocenters. The third-order valence-electron chi connectivity index (χ3n) is 5.06. The summed E-state index contributed by atoms with van der Waals surface area (Å²) < 4.78 is 0. The minimum atomic E-state index is 0.510. The van der Waals surface area contributed by atoms with Gasteiger partial charge in [0.1, 0.15) is 0 Å². The normalized spacial score (nSPS) is 19.9. The maximum absolute atomic E-state index is 4.73. The van der Waals surface area contributed by atoms with E-state index in [4.69, 9.17) is 4.98 Å². The number of benzene rings is 1. The number of hydrogen-bond acceptors (Lipinski definition) is 7. The van der Waals surface area contributed by atoms with Gasteiger partial charge in [-0.2, -0.15) is 11.8 Å². The van der Waals surface area contributed by atoms with Crippen LogP contribution in [-0.4, -0.2) is 65.5 Å². The van der Waals surface area contributed by atoms with E-state index < -0.39 is 0 Å². The summed E-state index contributed by atoms with van der Waals surface area (Å²) in [5.74, 6) is 3.83. The fraction of sp³-hybridized carbons (Fsp3) is 0.421. The number of imidazole rings is 1. The Labute approximate surface area is 174 Å². The third-order valence-corrected chi connectivity index (χ3v) is 8.44. The fourth-order valence-corrected chi connectivity index (χ4v) is 6.86. The summed E-state index contributed by atoms with van der Waals surface area (Å²) in [6.07, 6.45) is 2.90. The van der Waals surface area contributed by atoms with E-state index in [0.29, 0.717) is 17.6 Å². The van der Waals surface area contributed by atoms with E-state index in [1.807, 2.05) is 11.8 Å². The molecule has 146 valence electrons. The Kier molecular flexibility index (Phi) is 5.29. The molecule has 0 saturated carbocycles. The van der Waals surface area contributed by atoms with E-state index in [1.54, 1.807) is 6.33 Å². The summed E-state index contributed by atoms with van der Waals surface area (Å²) in [4.78, 5) is 19.2. The molecule has 0 spiro atoms. The monoisotopic (exact) mass is 461 g/mol. The van der Waals surface area contributed by atoms with Crippen molar-refractivity contribution in [1.29, 1.82) is 0 Å². The zero-order valence-electron chi connectivity index (χ0n) is 15.5. The number of H-pyrrole nitrogens is 1. The molecular formula is C19H23N7SSe. The molecule has 1 unspecified atom stereocenters. The maximum atomic E-state index is 4.73. The number of nitrogens with one attached hydrogen (secondary N) is 3. The summed E-state index contributed by atoms with van der Waals surface area (Å²) in [5, 5.41) is 9.54. The molecule has 7 nitrogen and oxygen atoms in total. The molecule has 2 fully saturated rings. The summed E-state index contributed by atoms with van der Waals surface area (Å²) in [6, 6.07) is 9.05. The molecule has 2 aromatic heterocycles. The first-order valence-electron chi connectivity index (χ1n) is 9.60. The summed E-state index contributed by atoms with van der Waals surface area (Å²) in [6.45, 7) is 2.24. The van der Waals surface area contributed by atoms with Crippen molar-refractivity contribution in [2.75, 3.05) is 40.1 Å². The van der Waals surface area contributed by atoms with Gasteiger partial charge in [-0.3, -0.25) is 0 Å². The molecule has 0 aliphatic carbocycles. The van der Waals surface area contributed by atoms with Gasteiger partial charge in [0, 0.05) is 24.6 Å². The van der Waals surface area contributed by atoms with Crippen molar-refractivity contribution in [1.82, 2.24) is 19.9 Å². The molecule has 2 aliphatic heterocycles. The van der Waals surface area contributed by atoms with Crippen LogP contribution < -0.4 is 15.5 Å².